The predicted molar refractivity (Wildman–Crippen MR) is 70.6 cm³/mol. The minimum Gasteiger partial charge on any atom is -0.480 e. The highest BCUT2D eigenvalue weighted by molar-refractivity contribution is 5.82. The maximum atomic E-state index is 11.5. The van der Waals surface area contributed by atoms with Gasteiger partial charge in [0.25, 0.3) is 0 Å². The normalized spacial score (nSPS) is 14.1. The van der Waals surface area contributed by atoms with Gasteiger partial charge in [-0.05, 0) is 19.5 Å². The molecule has 0 unspecified atom stereocenters. The van der Waals surface area contributed by atoms with Crippen molar-refractivity contribution in [2.75, 3.05) is 26.7 Å². The molecule has 0 rings (SSSR count). The van der Waals surface area contributed by atoms with Gasteiger partial charge in [0.1, 0.15) is 6.04 Å². The van der Waals surface area contributed by atoms with Crippen molar-refractivity contribution in [2.45, 2.75) is 33.2 Å². The molecular formula is C12H25N3O3. The van der Waals surface area contributed by atoms with Crippen LogP contribution in [0.5, 0.6) is 0 Å². The lowest BCUT2D eigenvalue weighted by Crippen LogP contribution is -2.50. The number of carbonyl (C=O) groups is 2. The van der Waals surface area contributed by atoms with Crippen LogP contribution in [-0.4, -0.2) is 54.7 Å². The molecule has 106 valence electrons. The third-order valence-electron chi connectivity index (χ3n) is 3.08. The Morgan fingerprint density at radius 2 is 1.94 bits per heavy atom. The summed E-state index contributed by atoms with van der Waals surface area (Å²) in [5.74, 6) is -1.09. The lowest BCUT2D eigenvalue weighted by atomic mass is 9.99. The largest absolute Gasteiger partial charge is 0.480 e. The fraction of sp³-hybridized carbons (Fsp3) is 0.833. The van der Waals surface area contributed by atoms with Gasteiger partial charge in [0.2, 0.25) is 0 Å². The molecule has 0 aromatic carbocycles. The molecule has 3 N–H and O–H groups in total. The van der Waals surface area contributed by atoms with Gasteiger partial charge in [-0.2, -0.15) is 0 Å². The quantitative estimate of drug-likeness (QED) is 0.600. The molecule has 6 nitrogen and oxygen atoms in total. The van der Waals surface area contributed by atoms with Crippen LogP contribution in [0.4, 0.5) is 4.79 Å². The van der Waals surface area contributed by atoms with Gasteiger partial charge < -0.3 is 20.6 Å². The number of rotatable bonds is 8. The van der Waals surface area contributed by atoms with E-state index < -0.39 is 18.0 Å². The fourth-order valence-corrected chi connectivity index (χ4v) is 1.39. The first-order valence-electron chi connectivity index (χ1n) is 6.38. The lowest BCUT2D eigenvalue weighted by Gasteiger charge is -2.21. The molecule has 0 saturated carbocycles. The van der Waals surface area contributed by atoms with E-state index in [1.165, 1.54) is 0 Å². The van der Waals surface area contributed by atoms with Crippen molar-refractivity contribution in [2.24, 2.45) is 5.92 Å². The summed E-state index contributed by atoms with van der Waals surface area (Å²) in [4.78, 5) is 24.6. The van der Waals surface area contributed by atoms with Crippen LogP contribution in [0.2, 0.25) is 0 Å². The van der Waals surface area contributed by atoms with Crippen LogP contribution in [0, 0.1) is 5.92 Å². The molecule has 18 heavy (non-hydrogen) atoms. The summed E-state index contributed by atoms with van der Waals surface area (Å²) >= 11 is 0. The minimum absolute atomic E-state index is 0.0911. The molecule has 0 radical (unpaired) electrons. The van der Waals surface area contributed by atoms with Gasteiger partial charge in [0.15, 0.2) is 0 Å². The topological polar surface area (TPSA) is 81.7 Å². The van der Waals surface area contributed by atoms with Crippen molar-refractivity contribution in [3.63, 3.8) is 0 Å². The Morgan fingerprint density at radius 1 is 1.33 bits per heavy atom. The van der Waals surface area contributed by atoms with Crippen molar-refractivity contribution in [1.82, 2.24) is 15.5 Å². The van der Waals surface area contributed by atoms with Crippen LogP contribution in [-0.2, 0) is 4.79 Å². The molecule has 0 heterocycles. The zero-order valence-corrected chi connectivity index (χ0v) is 11.7. The van der Waals surface area contributed by atoms with Gasteiger partial charge in [-0.3, -0.25) is 0 Å². The van der Waals surface area contributed by atoms with Crippen LogP contribution in [0.3, 0.4) is 0 Å². The van der Waals surface area contributed by atoms with Gasteiger partial charge in [0, 0.05) is 13.1 Å². The Labute approximate surface area is 109 Å². The first kappa shape index (κ1) is 16.7. The average molecular weight is 259 g/mol. The van der Waals surface area contributed by atoms with E-state index in [-0.39, 0.29) is 5.92 Å². The molecule has 0 aliphatic rings. The van der Waals surface area contributed by atoms with E-state index in [9.17, 15) is 9.59 Å². The summed E-state index contributed by atoms with van der Waals surface area (Å²) in [7, 11) is 1.96. The fourth-order valence-electron chi connectivity index (χ4n) is 1.39. The molecule has 0 aromatic rings. The summed E-state index contributed by atoms with van der Waals surface area (Å²) in [5, 5.41) is 14.2. The van der Waals surface area contributed by atoms with Gasteiger partial charge in [0.05, 0.1) is 0 Å². The van der Waals surface area contributed by atoms with Crippen molar-refractivity contribution in [3.05, 3.63) is 0 Å². The number of likely N-dealkylation sites (N-methyl/N-ethyl adjacent to an activating group) is 1. The van der Waals surface area contributed by atoms with E-state index in [1.54, 1.807) is 0 Å². The Balaban J connectivity index is 4.07. The maximum Gasteiger partial charge on any atom is 0.326 e. The summed E-state index contributed by atoms with van der Waals surface area (Å²) in [6.07, 6.45) is 0.704. The molecule has 2 atom stereocenters. The summed E-state index contributed by atoms with van der Waals surface area (Å²) in [6, 6.07) is -1.26. The molecule has 0 aliphatic heterocycles. The summed E-state index contributed by atoms with van der Waals surface area (Å²) in [5.41, 5.74) is 0. The number of hydrogen-bond donors (Lipinski definition) is 3. The van der Waals surface area contributed by atoms with E-state index in [0.29, 0.717) is 13.0 Å². The average Bonchev–Trinajstić information content (AvgIpc) is 2.34. The lowest BCUT2D eigenvalue weighted by molar-refractivity contribution is -0.140. The summed E-state index contributed by atoms with van der Waals surface area (Å²) in [6.45, 7) is 7.89. The molecular weight excluding hydrogens is 234 g/mol. The van der Waals surface area contributed by atoms with E-state index in [4.69, 9.17) is 5.11 Å². The smallest absolute Gasteiger partial charge is 0.326 e. The monoisotopic (exact) mass is 259 g/mol. The van der Waals surface area contributed by atoms with Crippen molar-refractivity contribution in [3.8, 4) is 0 Å². The second-order valence-electron chi connectivity index (χ2n) is 4.50. The molecule has 2 amide bonds. The molecule has 0 aliphatic carbocycles. The number of carboxylic acid groups (broad SMARTS) is 1. The second-order valence-corrected chi connectivity index (χ2v) is 4.50. The Hall–Kier alpha value is -1.30. The van der Waals surface area contributed by atoms with Gasteiger partial charge in [-0.25, -0.2) is 9.59 Å². The number of nitrogens with one attached hydrogen (secondary N) is 2. The van der Waals surface area contributed by atoms with Crippen LogP contribution >= 0.6 is 0 Å². The zero-order chi connectivity index (χ0) is 14.1. The third-order valence-corrected chi connectivity index (χ3v) is 3.08. The molecule has 0 spiro atoms. The van der Waals surface area contributed by atoms with Crippen molar-refractivity contribution >= 4 is 12.0 Å². The highest BCUT2D eigenvalue weighted by Crippen LogP contribution is 2.07. The predicted octanol–water partition coefficient (Wildman–Crippen LogP) is 0.737. The number of aliphatic carboxylic acids is 1. The third kappa shape index (κ3) is 6.44. The van der Waals surface area contributed by atoms with E-state index in [2.05, 4.69) is 15.5 Å². The zero-order valence-electron chi connectivity index (χ0n) is 11.7. The Morgan fingerprint density at radius 3 is 2.39 bits per heavy atom. The van der Waals surface area contributed by atoms with Gasteiger partial charge in [-0.1, -0.05) is 27.2 Å². The van der Waals surface area contributed by atoms with Crippen LogP contribution < -0.4 is 10.6 Å². The molecule has 6 heteroatoms. The van der Waals surface area contributed by atoms with E-state index in [0.717, 1.165) is 13.1 Å². The summed E-state index contributed by atoms with van der Waals surface area (Å²) < 4.78 is 0. The highest BCUT2D eigenvalue weighted by atomic mass is 16.4. The highest BCUT2D eigenvalue weighted by Gasteiger charge is 2.24. The van der Waals surface area contributed by atoms with E-state index >= 15 is 0 Å². The maximum absolute atomic E-state index is 11.5. The van der Waals surface area contributed by atoms with Gasteiger partial charge in [-0.15, -0.1) is 0 Å². The van der Waals surface area contributed by atoms with Crippen LogP contribution in [0.25, 0.3) is 0 Å². The number of amides is 2. The van der Waals surface area contributed by atoms with E-state index in [1.807, 2.05) is 27.8 Å². The standard InChI is InChI=1S/C12H25N3O3/c1-5-9(3)10(11(16)17)14-12(18)13-7-8-15(4)6-2/h9-10H,5-8H2,1-4H3,(H,16,17)(H2,13,14,18)/t9-,10-/m0/s1. The number of urea groups is 1. The molecule has 0 fully saturated rings. The van der Waals surface area contributed by atoms with Crippen molar-refractivity contribution < 1.29 is 14.7 Å². The Kier molecular flexibility index (Phi) is 8.11. The molecule has 0 aromatic heterocycles. The molecule has 0 saturated heterocycles. The number of carbonyl (C=O) groups excluding carboxylic acids is 1. The first-order valence-corrected chi connectivity index (χ1v) is 6.38. The van der Waals surface area contributed by atoms with Crippen molar-refractivity contribution in [1.29, 1.82) is 0 Å². The number of carboxylic acids is 1. The second kappa shape index (κ2) is 8.74. The SMILES string of the molecule is CC[C@H](C)[C@H](NC(=O)NCCN(C)CC)C(=O)O. The van der Waals surface area contributed by atoms with Crippen LogP contribution in [0.1, 0.15) is 27.2 Å². The first-order chi connectivity index (χ1) is 8.42. The molecule has 0 bridgehead atoms. The number of nitrogens with zero attached hydrogens (tertiary/aromatic N) is 1. The van der Waals surface area contributed by atoms with Crippen LogP contribution in [0.15, 0.2) is 0 Å². The Bertz CT molecular complexity index is 271. The minimum atomic E-state index is -0.995. The number of hydrogen-bond acceptors (Lipinski definition) is 3. The van der Waals surface area contributed by atoms with Gasteiger partial charge >= 0.3 is 12.0 Å².